The van der Waals surface area contributed by atoms with E-state index in [9.17, 15) is 4.79 Å². The molecule has 0 bridgehead atoms. The minimum Gasteiger partial charge on any atom is -0.298 e. The van der Waals surface area contributed by atoms with Crippen molar-refractivity contribution < 1.29 is 0 Å². The highest BCUT2D eigenvalue weighted by Gasteiger charge is 2.29. The smallest absolute Gasteiger partial charge is 0.267 e. The van der Waals surface area contributed by atoms with Crippen molar-refractivity contribution in [2.45, 2.75) is 64.6 Å². The fraction of sp³-hybridized carbons (Fsp3) is 0.650. The Kier molecular flexibility index (Phi) is 4.15. The van der Waals surface area contributed by atoms with Crippen LogP contribution < -0.4 is 5.56 Å². The third kappa shape index (κ3) is 3.00. The van der Waals surface area contributed by atoms with Gasteiger partial charge < -0.3 is 0 Å². The van der Waals surface area contributed by atoms with Crippen LogP contribution in [-0.2, 0) is 38.9 Å². The SMILES string of the molecule is O=c1cc2c(nn1CC1CN(Cc3cnn4c3CCCC4)C1)CCCC2. The van der Waals surface area contributed by atoms with Gasteiger partial charge in [0.2, 0.25) is 0 Å². The number of likely N-dealkylation sites (tertiary alicyclic amines) is 1. The first kappa shape index (κ1) is 16.2. The number of rotatable bonds is 4. The van der Waals surface area contributed by atoms with Gasteiger partial charge in [-0.2, -0.15) is 10.2 Å². The van der Waals surface area contributed by atoms with E-state index in [0.29, 0.717) is 5.92 Å². The van der Waals surface area contributed by atoms with E-state index in [1.807, 2.05) is 6.07 Å². The summed E-state index contributed by atoms with van der Waals surface area (Å²) < 4.78 is 3.90. The van der Waals surface area contributed by atoms with Crippen molar-refractivity contribution in [3.05, 3.63) is 45.1 Å². The van der Waals surface area contributed by atoms with Crippen molar-refractivity contribution in [1.82, 2.24) is 24.5 Å². The van der Waals surface area contributed by atoms with Crippen LogP contribution in [0.4, 0.5) is 0 Å². The zero-order chi connectivity index (χ0) is 17.5. The summed E-state index contributed by atoms with van der Waals surface area (Å²) in [5.41, 5.74) is 5.24. The molecule has 0 N–H and O–H groups in total. The molecular weight excluding hydrogens is 326 g/mol. The number of aromatic nitrogens is 4. The normalized spacial score (nSPS) is 20.5. The Balaban J connectivity index is 1.20. The molecule has 6 nitrogen and oxygen atoms in total. The third-order valence-electron chi connectivity index (χ3n) is 6.20. The van der Waals surface area contributed by atoms with Gasteiger partial charge in [0.15, 0.2) is 0 Å². The quantitative estimate of drug-likeness (QED) is 0.841. The lowest BCUT2D eigenvalue weighted by Gasteiger charge is -2.39. The molecule has 0 saturated carbocycles. The van der Waals surface area contributed by atoms with Crippen LogP contribution in [0.5, 0.6) is 0 Å². The lowest BCUT2D eigenvalue weighted by molar-refractivity contribution is 0.0760. The number of hydrogen-bond acceptors (Lipinski definition) is 4. The monoisotopic (exact) mass is 353 g/mol. The standard InChI is InChI=1S/C20H27N5O/c26-20-9-16-5-1-2-6-18(16)22-25(20)13-15-11-23(12-15)14-17-10-21-24-8-4-3-7-19(17)24/h9-10,15H,1-8,11-14H2. The second-order valence-electron chi connectivity index (χ2n) is 8.20. The number of hydrogen-bond donors (Lipinski definition) is 0. The van der Waals surface area contributed by atoms with Gasteiger partial charge in [-0.3, -0.25) is 14.4 Å². The van der Waals surface area contributed by atoms with Crippen molar-refractivity contribution in [3.63, 3.8) is 0 Å². The van der Waals surface area contributed by atoms with Crippen LogP contribution in [0.3, 0.4) is 0 Å². The Labute approximate surface area is 153 Å². The lowest BCUT2D eigenvalue weighted by Crippen LogP contribution is -2.49. The van der Waals surface area contributed by atoms with E-state index in [1.54, 1.807) is 4.68 Å². The molecule has 2 aromatic heterocycles. The Bertz CT molecular complexity index is 862. The highest BCUT2D eigenvalue weighted by Crippen LogP contribution is 2.24. The molecule has 0 amide bonds. The summed E-state index contributed by atoms with van der Waals surface area (Å²) in [6.07, 6.45) is 10.2. The maximum atomic E-state index is 12.3. The highest BCUT2D eigenvalue weighted by molar-refractivity contribution is 5.21. The maximum Gasteiger partial charge on any atom is 0.267 e. The van der Waals surface area contributed by atoms with Crippen LogP contribution in [0.1, 0.15) is 48.2 Å². The van der Waals surface area contributed by atoms with Gasteiger partial charge in [0.25, 0.3) is 5.56 Å². The molecule has 4 heterocycles. The second kappa shape index (κ2) is 6.65. The number of fused-ring (bicyclic) bond motifs is 2. The van der Waals surface area contributed by atoms with Gasteiger partial charge in [0.1, 0.15) is 0 Å². The van der Waals surface area contributed by atoms with Crippen LogP contribution >= 0.6 is 0 Å². The molecule has 1 aliphatic carbocycles. The van der Waals surface area contributed by atoms with Crippen molar-refractivity contribution in [2.24, 2.45) is 5.92 Å². The van der Waals surface area contributed by atoms with Gasteiger partial charge in [0, 0.05) is 49.4 Å². The molecule has 5 rings (SSSR count). The molecule has 2 aromatic rings. The van der Waals surface area contributed by atoms with Gasteiger partial charge in [-0.1, -0.05) is 0 Å². The van der Waals surface area contributed by atoms with Crippen LogP contribution in [0.2, 0.25) is 0 Å². The maximum absolute atomic E-state index is 12.3. The summed E-state index contributed by atoms with van der Waals surface area (Å²) >= 11 is 0. The molecule has 0 atom stereocenters. The van der Waals surface area contributed by atoms with E-state index in [0.717, 1.165) is 51.3 Å². The predicted molar refractivity (Wildman–Crippen MR) is 99.1 cm³/mol. The molecule has 2 aliphatic heterocycles. The molecule has 138 valence electrons. The summed E-state index contributed by atoms with van der Waals surface area (Å²) in [5, 5.41) is 9.21. The topological polar surface area (TPSA) is 56.0 Å². The molecule has 26 heavy (non-hydrogen) atoms. The van der Waals surface area contributed by atoms with Gasteiger partial charge in [-0.15, -0.1) is 0 Å². The Morgan fingerprint density at radius 2 is 1.92 bits per heavy atom. The summed E-state index contributed by atoms with van der Waals surface area (Å²) in [5.74, 6) is 0.535. The van der Waals surface area contributed by atoms with Gasteiger partial charge in [0.05, 0.1) is 18.4 Å². The first-order valence-electron chi connectivity index (χ1n) is 10.1. The van der Waals surface area contributed by atoms with Gasteiger partial charge in [-0.05, 0) is 50.5 Å². The largest absolute Gasteiger partial charge is 0.298 e. The van der Waals surface area contributed by atoms with Crippen LogP contribution in [0.15, 0.2) is 17.1 Å². The Hall–Kier alpha value is -1.95. The molecule has 0 radical (unpaired) electrons. The number of aryl methyl sites for hydroxylation is 3. The molecule has 0 unspecified atom stereocenters. The summed E-state index contributed by atoms with van der Waals surface area (Å²) in [6.45, 7) is 4.93. The second-order valence-corrected chi connectivity index (χ2v) is 8.20. The van der Waals surface area contributed by atoms with E-state index in [2.05, 4.69) is 26.0 Å². The van der Waals surface area contributed by atoms with Gasteiger partial charge in [-0.25, -0.2) is 4.68 Å². The zero-order valence-electron chi connectivity index (χ0n) is 15.4. The Morgan fingerprint density at radius 3 is 2.85 bits per heavy atom. The minimum atomic E-state index is 0.0785. The van der Waals surface area contributed by atoms with Crippen molar-refractivity contribution in [1.29, 1.82) is 0 Å². The minimum absolute atomic E-state index is 0.0785. The van der Waals surface area contributed by atoms with E-state index >= 15 is 0 Å². The Morgan fingerprint density at radius 1 is 1.08 bits per heavy atom. The molecule has 0 aromatic carbocycles. The summed E-state index contributed by atoms with van der Waals surface area (Å²) in [6, 6.07) is 1.83. The average Bonchev–Trinajstić information content (AvgIpc) is 3.03. The fourth-order valence-electron chi connectivity index (χ4n) is 4.76. The highest BCUT2D eigenvalue weighted by atomic mass is 16.1. The molecule has 1 saturated heterocycles. The number of nitrogens with zero attached hydrogens (tertiary/aromatic N) is 5. The van der Waals surface area contributed by atoms with Crippen molar-refractivity contribution in [3.8, 4) is 0 Å². The first-order valence-corrected chi connectivity index (χ1v) is 10.1. The third-order valence-corrected chi connectivity index (χ3v) is 6.20. The molecular formula is C20H27N5O. The van der Waals surface area contributed by atoms with E-state index < -0.39 is 0 Å². The van der Waals surface area contributed by atoms with Crippen molar-refractivity contribution in [2.75, 3.05) is 13.1 Å². The molecule has 6 heteroatoms. The van der Waals surface area contributed by atoms with Crippen LogP contribution in [0.25, 0.3) is 0 Å². The lowest BCUT2D eigenvalue weighted by atomic mass is 9.96. The average molecular weight is 353 g/mol. The van der Waals surface area contributed by atoms with E-state index in [4.69, 9.17) is 0 Å². The molecule has 3 aliphatic rings. The molecule has 0 spiro atoms. The summed E-state index contributed by atoms with van der Waals surface area (Å²) in [7, 11) is 0. The van der Waals surface area contributed by atoms with E-state index in [-0.39, 0.29) is 5.56 Å². The zero-order valence-corrected chi connectivity index (χ0v) is 15.4. The molecule has 1 fully saturated rings. The van der Waals surface area contributed by atoms with Gasteiger partial charge >= 0.3 is 0 Å². The van der Waals surface area contributed by atoms with Crippen LogP contribution in [-0.4, -0.2) is 37.6 Å². The first-order chi connectivity index (χ1) is 12.8. The van der Waals surface area contributed by atoms with E-state index in [1.165, 1.54) is 48.9 Å². The predicted octanol–water partition coefficient (Wildman–Crippen LogP) is 1.79. The van der Waals surface area contributed by atoms with Crippen molar-refractivity contribution >= 4 is 0 Å². The summed E-state index contributed by atoms with van der Waals surface area (Å²) in [4.78, 5) is 14.8. The van der Waals surface area contributed by atoms with Crippen LogP contribution in [0, 0.1) is 5.92 Å². The fourth-order valence-corrected chi connectivity index (χ4v) is 4.76.